The van der Waals surface area contributed by atoms with E-state index in [4.69, 9.17) is 4.98 Å². The molecule has 3 aromatic rings. The molecule has 8 heteroatoms. The Hall–Kier alpha value is -2.29. The largest absolute Gasteiger partial charge is 0.302 e. The average molecular weight is 474 g/mol. The van der Waals surface area contributed by atoms with Gasteiger partial charge in [0.1, 0.15) is 5.75 Å². The zero-order valence-corrected chi connectivity index (χ0v) is 20.8. The van der Waals surface area contributed by atoms with Crippen LogP contribution in [0.1, 0.15) is 31.9 Å². The Morgan fingerprint density at radius 3 is 2.31 bits per heavy atom. The Kier molecular flexibility index (Phi) is 8.03. The first-order valence-electron chi connectivity index (χ1n) is 11.0. The van der Waals surface area contributed by atoms with Gasteiger partial charge < -0.3 is 4.90 Å². The summed E-state index contributed by atoms with van der Waals surface area (Å²) < 4.78 is 26.9. The number of sulfone groups is 1. The maximum absolute atomic E-state index is 13.3. The maximum atomic E-state index is 13.3. The van der Waals surface area contributed by atoms with Crippen LogP contribution in [0, 0.1) is 6.92 Å². The molecular formula is C24H31N3O3S2. The number of aromatic nitrogens is 1. The number of nitrogens with zero attached hydrogens (tertiary/aromatic N) is 3. The van der Waals surface area contributed by atoms with Gasteiger partial charge in [-0.2, -0.15) is 0 Å². The summed E-state index contributed by atoms with van der Waals surface area (Å²) in [5.74, 6) is -1.03. The SMILES string of the molecule is CCc1cccc2sc(N(CCN(CC)CC)C(=O)CS(=O)(=O)c3ccc(C)cc3)nc12. The number of para-hydroxylation sites is 1. The number of carbonyl (C=O) groups excluding carboxylic acids is 1. The number of amides is 1. The van der Waals surface area contributed by atoms with Crippen molar-refractivity contribution in [3.8, 4) is 0 Å². The number of benzene rings is 2. The molecule has 32 heavy (non-hydrogen) atoms. The summed E-state index contributed by atoms with van der Waals surface area (Å²) in [5, 5.41) is 0.553. The highest BCUT2D eigenvalue weighted by molar-refractivity contribution is 7.92. The minimum atomic E-state index is -3.75. The lowest BCUT2D eigenvalue weighted by molar-refractivity contribution is -0.116. The molecule has 1 amide bonds. The number of fused-ring (bicyclic) bond motifs is 1. The van der Waals surface area contributed by atoms with Gasteiger partial charge in [0.2, 0.25) is 5.91 Å². The van der Waals surface area contributed by atoms with Gasteiger partial charge in [0.25, 0.3) is 0 Å². The quantitative estimate of drug-likeness (QED) is 0.439. The van der Waals surface area contributed by atoms with Crippen LogP contribution < -0.4 is 4.90 Å². The Morgan fingerprint density at radius 1 is 1.00 bits per heavy atom. The van der Waals surface area contributed by atoms with Crippen LogP contribution >= 0.6 is 11.3 Å². The highest BCUT2D eigenvalue weighted by Crippen LogP contribution is 2.31. The normalized spacial score (nSPS) is 11.9. The van der Waals surface area contributed by atoms with Crippen LogP contribution in [0.4, 0.5) is 5.13 Å². The number of thiazole rings is 1. The Labute approximate surface area is 194 Å². The second kappa shape index (κ2) is 10.6. The lowest BCUT2D eigenvalue weighted by atomic mass is 10.1. The van der Waals surface area contributed by atoms with Crippen LogP contribution in [0.25, 0.3) is 10.2 Å². The molecule has 0 saturated heterocycles. The molecule has 6 nitrogen and oxygen atoms in total. The van der Waals surface area contributed by atoms with Crippen LogP contribution in [0.3, 0.4) is 0 Å². The van der Waals surface area contributed by atoms with Gasteiger partial charge in [-0.05, 0) is 50.2 Å². The molecule has 0 aliphatic carbocycles. The number of hydrogen-bond donors (Lipinski definition) is 0. The molecule has 0 saturated carbocycles. The molecule has 0 radical (unpaired) electrons. The smallest absolute Gasteiger partial charge is 0.244 e. The predicted octanol–water partition coefficient (Wildman–Crippen LogP) is 4.32. The fourth-order valence-electron chi connectivity index (χ4n) is 3.57. The van der Waals surface area contributed by atoms with E-state index in [1.165, 1.54) is 11.3 Å². The summed E-state index contributed by atoms with van der Waals surface area (Å²) in [6.07, 6.45) is 0.843. The van der Waals surface area contributed by atoms with E-state index in [0.29, 0.717) is 18.2 Å². The standard InChI is InChI=1S/C24H31N3O3S2/c1-5-19-9-8-10-21-23(19)25-24(31-21)27(16-15-26(6-2)7-3)22(28)17-32(29,30)20-13-11-18(4)12-14-20/h8-14H,5-7,15-17H2,1-4H3. The summed E-state index contributed by atoms with van der Waals surface area (Å²) >= 11 is 1.43. The van der Waals surface area contributed by atoms with E-state index < -0.39 is 21.5 Å². The van der Waals surface area contributed by atoms with E-state index in [2.05, 4.69) is 25.7 Å². The number of carbonyl (C=O) groups is 1. The lowest BCUT2D eigenvalue weighted by Gasteiger charge is -2.24. The molecule has 0 atom stereocenters. The fraction of sp³-hybridized carbons (Fsp3) is 0.417. The fourth-order valence-corrected chi connectivity index (χ4v) is 5.83. The molecule has 0 bridgehead atoms. The molecule has 3 rings (SSSR count). The summed E-state index contributed by atoms with van der Waals surface area (Å²) in [6.45, 7) is 10.9. The zero-order chi connectivity index (χ0) is 23.3. The minimum absolute atomic E-state index is 0.165. The van der Waals surface area contributed by atoms with Gasteiger partial charge in [0, 0.05) is 13.1 Å². The highest BCUT2D eigenvalue weighted by Gasteiger charge is 2.27. The van der Waals surface area contributed by atoms with Crippen molar-refractivity contribution in [2.45, 2.75) is 39.0 Å². The minimum Gasteiger partial charge on any atom is -0.302 e. The van der Waals surface area contributed by atoms with E-state index >= 15 is 0 Å². The second-order valence-electron chi connectivity index (χ2n) is 7.76. The van der Waals surface area contributed by atoms with E-state index in [0.717, 1.165) is 40.9 Å². The van der Waals surface area contributed by atoms with Crippen molar-refractivity contribution in [2.24, 2.45) is 0 Å². The van der Waals surface area contributed by atoms with Crippen LogP contribution in [0.2, 0.25) is 0 Å². The van der Waals surface area contributed by atoms with Crippen molar-refractivity contribution < 1.29 is 13.2 Å². The summed E-state index contributed by atoms with van der Waals surface area (Å²) in [5.41, 5.74) is 2.97. The van der Waals surface area contributed by atoms with Gasteiger partial charge >= 0.3 is 0 Å². The van der Waals surface area contributed by atoms with Crippen molar-refractivity contribution in [2.75, 3.05) is 36.8 Å². The molecule has 0 N–H and O–H groups in total. The van der Waals surface area contributed by atoms with Gasteiger partial charge in [-0.15, -0.1) is 0 Å². The molecule has 0 aliphatic heterocycles. The highest BCUT2D eigenvalue weighted by atomic mass is 32.2. The molecule has 1 heterocycles. The Bertz CT molecular complexity index is 1170. The third-order valence-corrected chi connectivity index (χ3v) is 8.29. The number of anilines is 1. The van der Waals surface area contributed by atoms with Crippen LogP contribution in [0.5, 0.6) is 0 Å². The van der Waals surface area contributed by atoms with Crippen LogP contribution in [-0.2, 0) is 21.1 Å². The zero-order valence-electron chi connectivity index (χ0n) is 19.2. The third-order valence-electron chi connectivity index (χ3n) is 5.63. The Morgan fingerprint density at radius 2 is 1.69 bits per heavy atom. The molecule has 1 aromatic heterocycles. The predicted molar refractivity (Wildman–Crippen MR) is 132 cm³/mol. The Balaban J connectivity index is 1.93. The van der Waals surface area contributed by atoms with E-state index in [1.807, 2.05) is 25.1 Å². The molecule has 0 unspecified atom stereocenters. The first kappa shape index (κ1) is 24.4. The molecule has 2 aromatic carbocycles. The van der Waals surface area contributed by atoms with E-state index in [9.17, 15) is 13.2 Å². The van der Waals surface area contributed by atoms with Crippen molar-refractivity contribution in [1.82, 2.24) is 9.88 Å². The summed E-state index contributed by atoms with van der Waals surface area (Å²) in [4.78, 5) is 22.0. The van der Waals surface area contributed by atoms with Gasteiger partial charge in [-0.1, -0.05) is 61.9 Å². The molecule has 0 spiro atoms. The first-order valence-corrected chi connectivity index (χ1v) is 13.5. The monoisotopic (exact) mass is 473 g/mol. The number of rotatable bonds is 10. The van der Waals surface area contributed by atoms with Crippen molar-refractivity contribution in [3.63, 3.8) is 0 Å². The van der Waals surface area contributed by atoms with Crippen LogP contribution in [0.15, 0.2) is 47.4 Å². The number of hydrogen-bond acceptors (Lipinski definition) is 6. The van der Waals surface area contributed by atoms with E-state index in [1.54, 1.807) is 29.2 Å². The van der Waals surface area contributed by atoms with Crippen LogP contribution in [-0.4, -0.2) is 56.1 Å². The van der Waals surface area contributed by atoms with Crippen molar-refractivity contribution >= 4 is 42.4 Å². The number of likely N-dealkylation sites (N-methyl/N-ethyl adjacent to an activating group) is 1. The summed E-state index contributed by atoms with van der Waals surface area (Å²) in [6, 6.07) is 12.6. The molecule has 172 valence electrons. The topological polar surface area (TPSA) is 70.6 Å². The van der Waals surface area contributed by atoms with Crippen molar-refractivity contribution in [1.29, 1.82) is 0 Å². The maximum Gasteiger partial charge on any atom is 0.244 e. The summed E-state index contributed by atoms with van der Waals surface area (Å²) in [7, 11) is -3.75. The van der Waals surface area contributed by atoms with E-state index in [-0.39, 0.29) is 4.90 Å². The first-order chi connectivity index (χ1) is 15.3. The van der Waals surface area contributed by atoms with Crippen molar-refractivity contribution in [3.05, 3.63) is 53.6 Å². The lowest BCUT2D eigenvalue weighted by Crippen LogP contribution is -2.41. The van der Waals surface area contributed by atoms with Gasteiger partial charge in [-0.25, -0.2) is 13.4 Å². The van der Waals surface area contributed by atoms with Gasteiger partial charge in [0.15, 0.2) is 15.0 Å². The number of aryl methyl sites for hydroxylation is 2. The third kappa shape index (κ3) is 5.54. The average Bonchev–Trinajstić information content (AvgIpc) is 3.20. The van der Waals surface area contributed by atoms with Gasteiger partial charge in [0.05, 0.1) is 15.1 Å². The molecular weight excluding hydrogens is 442 g/mol. The van der Waals surface area contributed by atoms with Gasteiger partial charge in [-0.3, -0.25) is 9.69 Å². The second-order valence-corrected chi connectivity index (χ2v) is 10.8. The molecule has 0 aliphatic rings. The molecule has 0 fully saturated rings.